The summed E-state index contributed by atoms with van der Waals surface area (Å²) in [5.41, 5.74) is 8.76. The topological polar surface area (TPSA) is 71.1 Å². The van der Waals surface area contributed by atoms with Gasteiger partial charge < -0.3 is 15.8 Å². The molecule has 2 aromatic carbocycles. The van der Waals surface area contributed by atoms with E-state index in [1.54, 1.807) is 25.3 Å². The highest BCUT2D eigenvalue weighted by Crippen LogP contribution is 2.31. The second-order valence-corrected chi connectivity index (χ2v) is 5.13. The molecule has 0 bridgehead atoms. The van der Waals surface area contributed by atoms with E-state index in [0.29, 0.717) is 17.0 Å². The third-order valence-electron chi connectivity index (χ3n) is 2.61. The number of halogens is 1. The number of nitrogens with two attached hydrogens (primary N) is 1. The fourth-order valence-electron chi connectivity index (χ4n) is 1.66. The normalized spacial score (nSPS) is 9.74. The molecule has 0 radical (unpaired) electrons. The lowest BCUT2D eigenvalue weighted by Crippen LogP contribution is -1.99. The molecule has 0 heterocycles. The molecular formula is C14H12IN3O. The maximum Gasteiger partial charge on any atom is 0.143 e. The van der Waals surface area contributed by atoms with E-state index in [-0.39, 0.29) is 0 Å². The van der Waals surface area contributed by atoms with Crippen LogP contribution in [-0.4, -0.2) is 7.11 Å². The van der Waals surface area contributed by atoms with Gasteiger partial charge >= 0.3 is 0 Å². The zero-order chi connectivity index (χ0) is 13.8. The average Bonchev–Trinajstić information content (AvgIpc) is 2.42. The smallest absolute Gasteiger partial charge is 0.143 e. The molecule has 3 N–H and O–H groups in total. The zero-order valence-corrected chi connectivity index (χ0v) is 12.4. The Bertz CT molecular complexity index is 650. The zero-order valence-electron chi connectivity index (χ0n) is 10.3. The van der Waals surface area contributed by atoms with Crippen LogP contribution < -0.4 is 15.8 Å². The highest BCUT2D eigenvalue weighted by molar-refractivity contribution is 14.1. The number of anilines is 3. The fraction of sp³-hybridized carbons (Fsp3) is 0.0714. The second kappa shape index (κ2) is 5.80. The van der Waals surface area contributed by atoms with Gasteiger partial charge in [-0.25, -0.2) is 0 Å². The predicted octanol–water partition coefficient (Wildman–Crippen LogP) is 3.50. The Hall–Kier alpha value is -1.94. The monoisotopic (exact) mass is 365 g/mol. The number of nitrogen functional groups attached to an aromatic ring is 1. The number of ether oxygens (including phenoxy) is 1. The van der Waals surface area contributed by atoms with Crippen LogP contribution in [-0.2, 0) is 0 Å². The molecule has 0 amide bonds. The van der Waals surface area contributed by atoms with Crippen molar-refractivity contribution in [1.29, 1.82) is 5.26 Å². The van der Waals surface area contributed by atoms with Gasteiger partial charge in [-0.05, 0) is 52.9 Å². The number of nitriles is 1. The van der Waals surface area contributed by atoms with E-state index >= 15 is 0 Å². The van der Waals surface area contributed by atoms with Gasteiger partial charge in [0.05, 0.1) is 35.8 Å². The number of benzene rings is 2. The first-order valence-corrected chi connectivity index (χ1v) is 6.62. The number of rotatable bonds is 3. The Labute approximate surface area is 125 Å². The van der Waals surface area contributed by atoms with Crippen molar-refractivity contribution in [2.24, 2.45) is 0 Å². The summed E-state index contributed by atoms with van der Waals surface area (Å²) in [6, 6.07) is 13.1. The van der Waals surface area contributed by atoms with Crippen LogP contribution in [0.3, 0.4) is 0 Å². The van der Waals surface area contributed by atoms with Crippen molar-refractivity contribution in [2.75, 3.05) is 18.2 Å². The van der Waals surface area contributed by atoms with E-state index in [1.807, 2.05) is 18.2 Å². The van der Waals surface area contributed by atoms with Gasteiger partial charge in [-0.2, -0.15) is 5.26 Å². The van der Waals surface area contributed by atoms with Gasteiger partial charge in [0.15, 0.2) is 0 Å². The minimum atomic E-state index is 0.554. The highest BCUT2D eigenvalue weighted by atomic mass is 127. The summed E-state index contributed by atoms with van der Waals surface area (Å²) >= 11 is 2.21. The lowest BCUT2D eigenvalue weighted by Gasteiger charge is -2.13. The summed E-state index contributed by atoms with van der Waals surface area (Å²) in [7, 11) is 1.57. The van der Waals surface area contributed by atoms with Crippen molar-refractivity contribution < 1.29 is 4.74 Å². The molecule has 0 fully saturated rings. The summed E-state index contributed by atoms with van der Waals surface area (Å²) in [5, 5.41) is 12.1. The molecule has 19 heavy (non-hydrogen) atoms. The third-order valence-corrected chi connectivity index (χ3v) is 3.28. The Morgan fingerprint density at radius 2 is 1.95 bits per heavy atom. The lowest BCUT2D eigenvalue weighted by molar-refractivity contribution is 0.416. The molecule has 96 valence electrons. The van der Waals surface area contributed by atoms with Crippen LogP contribution in [0.25, 0.3) is 0 Å². The SMILES string of the molecule is COc1cc(C#N)ccc1Nc1ccc(I)cc1N. The molecule has 0 saturated carbocycles. The van der Waals surface area contributed by atoms with Gasteiger partial charge in [0.2, 0.25) is 0 Å². The predicted molar refractivity (Wildman–Crippen MR) is 84.6 cm³/mol. The quantitative estimate of drug-likeness (QED) is 0.645. The summed E-state index contributed by atoms with van der Waals surface area (Å²) in [5.74, 6) is 0.608. The van der Waals surface area contributed by atoms with Gasteiger partial charge in [0, 0.05) is 9.64 Å². The van der Waals surface area contributed by atoms with E-state index in [0.717, 1.165) is 14.9 Å². The highest BCUT2D eigenvalue weighted by Gasteiger charge is 2.07. The van der Waals surface area contributed by atoms with Crippen LogP contribution in [0, 0.1) is 14.9 Å². The maximum atomic E-state index is 8.87. The van der Waals surface area contributed by atoms with Crippen molar-refractivity contribution in [2.45, 2.75) is 0 Å². The minimum Gasteiger partial charge on any atom is -0.495 e. The Kier molecular flexibility index (Phi) is 4.12. The van der Waals surface area contributed by atoms with E-state index in [2.05, 4.69) is 34.0 Å². The Morgan fingerprint density at radius 1 is 1.21 bits per heavy atom. The molecule has 2 rings (SSSR count). The van der Waals surface area contributed by atoms with E-state index < -0.39 is 0 Å². The molecule has 0 atom stereocenters. The Morgan fingerprint density at radius 3 is 2.58 bits per heavy atom. The van der Waals surface area contributed by atoms with Crippen LogP contribution in [0.15, 0.2) is 36.4 Å². The van der Waals surface area contributed by atoms with Gasteiger partial charge in [-0.1, -0.05) is 0 Å². The van der Waals surface area contributed by atoms with Gasteiger partial charge in [0.1, 0.15) is 5.75 Å². The largest absolute Gasteiger partial charge is 0.495 e. The summed E-state index contributed by atoms with van der Waals surface area (Å²) in [6.45, 7) is 0. The maximum absolute atomic E-state index is 8.87. The summed E-state index contributed by atoms with van der Waals surface area (Å²) < 4.78 is 6.34. The van der Waals surface area contributed by atoms with E-state index in [9.17, 15) is 0 Å². The fourth-order valence-corrected chi connectivity index (χ4v) is 2.17. The number of nitrogens with zero attached hydrogens (tertiary/aromatic N) is 1. The van der Waals surface area contributed by atoms with Crippen molar-refractivity contribution in [1.82, 2.24) is 0 Å². The number of hydrogen-bond acceptors (Lipinski definition) is 4. The van der Waals surface area contributed by atoms with Crippen LogP contribution in [0.4, 0.5) is 17.1 Å². The number of methoxy groups -OCH3 is 1. The first kappa shape index (κ1) is 13.5. The molecule has 0 saturated heterocycles. The molecule has 5 heteroatoms. The Balaban J connectivity index is 2.35. The molecule has 0 unspecified atom stereocenters. The van der Waals surface area contributed by atoms with Gasteiger partial charge in [-0.15, -0.1) is 0 Å². The molecule has 0 aliphatic heterocycles. The van der Waals surface area contributed by atoms with Crippen molar-refractivity contribution in [3.8, 4) is 11.8 Å². The molecule has 2 aromatic rings. The van der Waals surface area contributed by atoms with Crippen LogP contribution in [0.5, 0.6) is 5.75 Å². The summed E-state index contributed by atoms with van der Waals surface area (Å²) in [6.07, 6.45) is 0. The van der Waals surface area contributed by atoms with E-state index in [1.165, 1.54) is 0 Å². The van der Waals surface area contributed by atoms with Gasteiger partial charge in [0.25, 0.3) is 0 Å². The number of hydrogen-bond donors (Lipinski definition) is 2. The molecular weight excluding hydrogens is 353 g/mol. The second-order valence-electron chi connectivity index (χ2n) is 3.88. The van der Waals surface area contributed by atoms with Crippen molar-refractivity contribution in [3.05, 3.63) is 45.5 Å². The lowest BCUT2D eigenvalue weighted by atomic mass is 10.2. The minimum absolute atomic E-state index is 0.554. The molecule has 0 spiro atoms. The summed E-state index contributed by atoms with van der Waals surface area (Å²) in [4.78, 5) is 0. The molecule has 0 aromatic heterocycles. The average molecular weight is 365 g/mol. The first-order valence-electron chi connectivity index (χ1n) is 5.54. The standard InChI is InChI=1S/C14H12IN3O/c1-19-14-6-9(8-16)2-4-13(14)18-12-5-3-10(15)7-11(12)17/h2-7,18H,17H2,1H3. The van der Waals surface area contributed by atoms with Gasteiger partial charge in [-0.3, -0.25) is 0 Å². The number of nitrogens with one attached hydrogen (secondary N) is 1. The van der Waals surface area contributed by atoms with Crippen LogP contribution in [0.2, 0.25) is 0 Å². The van der Waals surface area contributed by atoms with Crippen LogP contribution in [0.1, 0.15) is 5.56 Å². The van der Waals surface area contributed by atoms with E-state index in [4.69, 9.17) is 15.7 Å². The van der Waals surface area contributed by atoms with Crippen molar-refractivity contribution in [3.63, 3.8) is 0 Å². The molecule has 4 nitrogen and oxygen atoms in total. The molecule has 0 aliphatic carbocycles. The molecule has 0 aliphatic rings. The van der Waals surface area contributed by atoms with Crippen LogP contribution >= 0.6 is 22.6 Å². The first-order chi connectivity index (χ1) is 9.13. The third kappa shape index (κ3) is 3.09. The van der Waals surface area contributed by atoms with Crippen molar-refractivity contribution >= 4 is 39.7 Å².